The van der Waals surface area contributed by atoms with Crippen LogP contribution in [-0.2, 0) is 16.2 Å². The molecule has 14 nitrogen and oxygen atoms in total. The standard InChI is InChI=1S/C28H31N5OS.C26H24N4OS.C22H27N3S/c1-18(2)33-19(3)30-16-25(33)24-17-35-27(32-24)28(14-6-7-15-28)21-12-10-20(11-13-21)26(34)31-23-9-5-4-8-22(23)29;27-21-7-1-2-8-22(21)29-24(31)18-9-11-20(12-10-18)26(13-3-4-14-26)25-30-23(17-32-25)19-6-5-15-28-16-19;1-15(2)25-17(4)23-13-20(25)19-14-26-21(24-19)22(11-5-6-12-22)18-9-7-16(3)8-10-18/h4-5,8-13,16-18H,6-7,14-15,29H2,1-3H3,(H,31,34);1-2,5-12,15-17H,3-4,13-14,27H2,(H,29,31);7-10,13-15H,5-6,11-12H2,1-4H3. The molecule has 5 aromatic carbocycles. The first-order valence-electron chi connectivity index (χ1n) is 32.5. The summed E-state index contributed by atoms with van der Waals surface area (Å²) in [7, 11) is 0. The minimum Gasteiger partial charge on any atom is -0.397 e. The molecule has 0 saturated heterocycles. The van der Waals surface area contributed by atoms with Gasteiger partial charge in [0, 0.05) is 73.6 Å². The third kappa shape index (κ3) is 13.3. The zero-order valence-corrected chi connectivity index (χ0v) is 56.6. The van der Waals surface area contributed by atoms with Gasteiger partial charge >= 0.3 is 0 Å². The van der Waals surface area contributed by atoms with E-state index in [0.717, 1.165) is 81.4 Å². The Bertz CT molecular complexity index is 4350. The van der Waals surface area contributed by atoms with E-state index in [4.69, 9.17) is 26.4 Å². The van der Waals surface area contributed by atoms with Gasteiger partial charge in [-0.2, -0.15) is 0 Å². The molecule has 2 amide bonds. The number of aryl methyl sites for hydroxylation is 3. The molecule has 3 saturated carbocycles. The molecule has 0 radical (unpaired) electrons. The van der Waals surface area contributed by atoms with Crippen molar-refractivity contribution < 1.29 is 9.59 Å². The molecule has 14 rings (SSSR count). The summed E-state index contributed by atoms with van der Waals surface area (Å²) in [6, 6.07) is 44.3. The van der Waals surface area contributed by atoms with E-state index >= 15 is 0 Å². The van der Waals surface area contributed by atoms with Crippen LogP contribution in [0.4, 0.5) is 22.7 Å². The van der Waals surface area contributed by atoms with Crippen molar-refractivity contribution >= 4 is 68.6 Å². The normalized spacial score (nSPS) is 15.4. The van der Waals surface area contributed by atoms with Gasteiger partial charge in [0.15, 0.2) is 0 Å². The quantitative estimate of drug-likeness (QED) is 0.0717. The van der Waals surface area contributed by atoms with Crippen molar-refractivity contribution in [2.45, 2.75) is 154 Å². The van der Waals surface area contributed by atoms with Crippen molar-refractivity contribution in [1.29, 1.82) is 0 Å². The number of carbonyl (C=O) groups excluding carboxylic acids is 2. The lowest BCUT2D eigenvalue weighted by Crippen LogP contribution is -2.24. The maximum atomic E-state index is 12.8. The van der Waals surface area contributed by atoms with Gasteiger partial charge in [0.25, 0.3) is 11.8 Å². The van der Waals surface area contributed by atoms with Crippen LogP contribution in [0.25, 0.3) is 34.0 Å². The van der Waals surface area contributed by atoms with Crippen LogP contribution in [-0.4, -0.2) is 50.9 Å². The summed E-state index contributed by atoms with van der Waals surface area (Å²) < 4.78 is 4.53. The molecule has 6 N–H and O–H groups in total. The Morgan fingerprint density at radius 3 is 1.19 bits per heavy atom. The maximum Gasteiger partial charge on any atom is 0.255 e. The van der Waals surface area contributed by atoms with E-state index in [1.165, 1.54) is 78.6 Å². The molecule has 476 valence electrons. The van der Waals surface area contributed by atoms with Gasteiger partial charge < -0.3 is 31.2 Å². The van der Waals surface area contributed by atoms with Gasteiger partial charge in [-0.25, -0.2) is 24.9 Å². The average molecular weight is 1290 g/mol. The van der Waals surface area contributed by atoms with E-state index in [1.807, 2.05) is 104 Å². The number of anilines is 4. The van der Waals surface area contributed by atoms with Crippen LogP contribution < -0.4 is 22.1 Å². The Morgan fingerprint density at radius 1 is 0.462 bits per heavy atom. The minimum absolute atomic E-state index is 0.0916. The van der Waals surface area contributed by atoms with Gasteiger partial charge in [-0.05, 0) is 164 Å². The van der Waals surface area contributed by atoms with Crippen molar-refractivity contribution in [2.24, 2.45) is 0 Å². The van der Waals surface area contributed by atoms with Gasteiger partial charge in [-0.15, -0.1) is 34.0 Å². The second-order valence-electron chi connectivity index (χ2n) is 25.6. The Balaban J connectivity index is 0.000000136. The Hall–Kier alpha value is -8.90. The number of thiazole rings is 3. The lowest BCUT2D eigenvalue weighted by atomic mass is 9.79. The maximum absolute atomic E-state index is 12.8. The number of hydrogen-bond donors (Lipinski definition) is 4. The van der Waals surface area contributed by atoms with Crippen molar-refractivity contribution in [1.82, 2.24) is 39.0 Å². The zero-order chi connectivity index (χ0) is 64.9. The molecule has 3 aliphatic rings. The van der Waals surface area contributed by atoms with Crippen molar-refractivity contribution in [3.05, 3.63) is 234 Å². The van der Waals surface area contributed by atoms with E-state index in [-0.39, 0.29) is 28.1 Å². The third-order valence-electron chi connectivity index (χ3n) is 19.0. The number of pyridine rings is 1. The molecule has 0 spiro atoms. The number of nitrogen functional groups attached to an aromatic ring is 2. The van der Waals surface area contributed by atoms with E-state index in [9.17, 15) is 9.59 Å². The van der Waals surface area contributed by atoms with Gasteiger partial charge in [0.05, 0.1) is 63.6 Å². The van der Waals surface area contributed by atoms with E-state index < -0.39 is 0 Å². The number of aromatic nitrogens is 8. The lowest BCUT2D eigenvalue weighted by Gasteiger charge is -2.27. The van der Waals surface area contributed by atoms with Crippen LogP contribution in [0.15, 0.2) is 174 Å². The predicted octanol–water partition coefficient (Wildman–Crippen LogP) is 18.6. The van der Waals surface area contributed by atoms with Crippen LogP contribution in [0, 0.1) is 20.8 Å². The first-order chi connectivity index (χ1) is 45.1. The van der Waals surface area contributed by atoms with Gasteiger partial charge in [-0.3, -0.25) is 14.6 Å². The van der Waals surface area contributed by atoms with Crippen LogP contribution in [0.1, 0.15) is 186 Å². The number of amides is 2. The van der Waals surface area contributed by atoms with Crippen molar-refractivity contribution in [3.63, 3.8) is 0 Å². The smallest absolute Gasteiger partial charge is 0.255 e. The largest absolute Gasteiger partial charge is 0.397 e. The van der Waals surface area contributed by atoms with Crippen LogP contribution in [0.2, 0.25) is 0 Å². The highest BCUT2D eigenvalue weighted by atomic mass is 32.1. The minimum atomic E-state index is -0.164. The first kappa shape index (κ1) is 64.2. The average Bonchev–Trinajstić information content (AvgIpc) is 1.66. The topological polar surface area (TPSA) is 197 Å². The number of hydrogen-bond acceptors (Lipinski definition) is 13. The number of para-hydroxylation sites is 4. The summed E-state index contributed by atoms with van der Waals surface area (Å²) in [6.45, 7) is 15.0. The molecule has 11 aromatic rings. The third-order valence-corrected chi connectivity index (χ3v) is 22.2. The number of imidazole rings is 2. The lowest BCUT2D eigenvalue weighted by molar-refractivity contribution is 0.101. The molecule has 0 atom stereocenters. The molecule has 6 aromatic heterocycles. The second-order valence-corrected chi connectivity index (χ2v) is 28.2. The molecule has 0 unspecified atom stereocenters. The van der Waals surface area contributed by atoms with E-state index in [1.54, 1.807) is 47.1 Å². The first-order valence-corrected chi connectivity index (χ1v) is 35.2. The summed E-state index contributed by atoms with van der Waals surface area (Å²) in [5.74, 6) is 1.73. The molecular formula is C76H82N12O2S3. The van der Waals surface area contributed by atoms with E-state index in [0.29, 0.717) is 46.0 Å². The summed E-state index contributed by atoms with van der Waals surface area (Å²) in [5.41, 5.74) is 26.9. The molecule has 0 bridgehead atoms. The highest BCUT2D eigenvalue weighted by Crippen LogP contribution is 2.51. The fraction of sp³-hybridized carbons (Fsp3) is 0.316. The summed E-state index contributed by atoms with van der Waals surface area (Å²) in [4.78, 5) is 54.2. The molecule has 0 aliphatic heterocycles. The fourth-order valence-corrected chi connectivity index (χ4v) is 17.4. The second kappa shape index (κ2) is 27.7. The Kier molecular flexibility index (Phi) is 19.2. The number of nitrogens with one attached hydrogen (secondary N) is 2. The predicted molar refractivity (Wildman–Crippen MR) is 382 cm³/mol. The van der Waals surface area contributed by atoms with Gasteiger partial charge in [-0.1, -0.05) is 117 Å². The van der Waals surface area contributed by atoms with Gasteiger partial charge in [0.2, 0.25) is 0 Å². The highest BCUT2D eigenvalue weighted by Gasteiger charge is 2.43. The number of nitrogens with two attached hydrogens (primary N) is 2. The number of rotatable bonds is 15. The van der Waals surface area contributed by atoms with Crippen LogP contribution >= 0.6 is 34.0 Å². The summed E-state index contributed by atoms with van der Waals surface area (Å²) in [6.07, 6.45) is 21.5. The van der Waals surface area contributed by atoms with Crippen molar-refractivity contribution in [3.8, 4) is 34.0 Å². The van der Waals surface area contributed by atoms with Crippen molar-refractivity contribution in [2.75, 3.05) is 22.1 Å². The molecule has 6 heterocycles. The SMILES string of the molecule is Cc1ccc(C2(c3nc(-c4cnc(C)n4C(C)C)cs3)CCCC2)cc1.Cc1ncc(-c2csc(C3(c4ccc(C(=O)Nc5ccccc5N)cc4)CCCC3)n2)n1C(C)C.Nc1ccccc1NC(=O)c1ccc(C2(c3nc(-c4cccnc4)cs3)CCCC2)cc1. The Labute approximate surface area is 558 Å². The fourth-order valence-electron chi connectivity index (χ4n) is 14.1. The Morgan fingerprint density at radius 2 is 0.828 bits per heavy atom. The van der Waals surface area contributed by atoms with Crippen LogP contribution in [0.5, 0.6) is 0 Å². The highest BCUT2D eigenvalue weighted by molar-refractivity contribution is 7.10. The summed E-state index contributed by atoms with van der Waals surface area (Å²) >= 11 is 5.27. The molecule has 17 heteroatoms. The molecule has 3 fully saturated rings. The van der Waals surface area contributed by atoms with E-state index in [2.05, 4.69) is 141 Å². The van der Waals surface area contributed by atoms with Gasteiger partial charge in [0.1, 0.15) is 26.7 Å². The zero-order valence-electron chi connectivity index (χ0n) is 54.2. The molecular weight excluding hydrogens is 1210 g/mol. The monoisotopic (exact) mass is 1290 g/mol. The van der Waals surface area contributed by atoms with Crippen LogP contribution in [0.3, 0.4) is 0 Å². The molecule has 3 aliphatic carbocycles. The molecule has 93 heavy (non-hydrogen) atoms. The number of nitrogens with zero attached hydrogens (tertiary/aromatic N) is 8. The number of carbonyl (C=O) groups is 2. The summed E-state index contributed by atoms with van der Waals surface area (Å²) in [5, 5.41) is 15.9. The number of benzene rings is 5.